The Bertz CT molecular complexity index is 434. The molecule has 0 saturated heterocycles. The van der Waals surface area contributed by atoms with Gasteiger partial charge in [-0.25, -0.2) is 0 Å². The first-order valence-electron chi connectivity index (χ1n) is 7.27. The summed E-state index contributed by atoms with van der Waals surface area (Å²) in [6.45, 7) is 1.95. The number of carbonyl (C=O) groups is 1. The lowest BCUT2D eigenvalue weighted by atomic mass is 9.90. The van der Waals surface area contributed by atoms with Crippen molar-refractivity contribution >= 4 is 11.6 Å². The molecule has 2 rings (SSSR count). The third-order valence-corrected chi connectivity index (χ3v) is 3.89. The summed E-state index contributed by atoms with van der Waals surface area (Å²) in [5.74, 6) is 0.299. The Hall–Kier alpha value is -1.51. The normalized spacial score (nSPS) is 17.5. The Labute approximate surface area is 115 Å². The molecule has 1 amide bonds. The van der Waals surface area contributed by atoms with Crippen molar-refractivity contribution in [3.63, 3.8) is 0 Å². The molecule has 0 aliphatic heterocycles. The summed E-state index contributed by atoms with van der Waals surface area (Å²) in [4.78, 5) is 12.3. The van der Waals surface area contributed by atoms with Crippen LogP contribution in [0.1, 0.15) is 50.5 Å². The van der Waals surface area contributed by atoms with E-state index in [0.717, 1.165) is 31.2 Å². The van der Waals surface area contributed by atoms with Crippen LogP contribution in [0.4, 0.5) is 5.69 Å². The van der Waals surface area contributed by atoms with Crippen molar-refractivity contribution < 1.29 is 9.90 Å². The van der Waals surface area contributed by atoms with Gasteiger partial charge in [-0.05, 0) is 37.5 Å². The minimum Gasteiger partial charge on any atom is -0.506 e. The molecular weight excluding hydrogens is 238 g/mol. The van der Waals surface area contributed by atoms with Crippen molar-refractivity contribution in [2.45, 2.75) is 51.9 Å². The summed E-state index contributed by atoms with van der Waals surface area (Å²) in [5.41, 5.74) is 1.57. The number of rotatable bonds is 2. The van der Waals surface area contributed by atoms with Crippen LogP contribution in [0, 0.1) is 12.8 Å². The van der Waals surface area contributed by atoms with Gasteiger partial charge in [0.05, 0.1) is 5.69 Å². The summed E-state index contributed by atoms with van der Waals surface area (Å²) >= 11 is 0. The molecule has 0 heterocycles. The molecule has 1 aliphatic rings. The maximum Gasteiger partial charge on any atom is 0.227 e. The molecule has 0 unspecified atom stereocenters. The SMILES string of the molecule is Cc1ccc(O)c(NC(=O)C2CCCCCCC2)c1. The number of nitrogens with one attached hydrogen (secondary N) is 1. The largest absolute Gasteiger partial charge is 0.506 e. The first-order chi connectivity index (χ1) is 9.16. The molecule has 0 radical (unpaired) electrons. The number of phenolic OH excluding ortho intramolecular Hbond substituents is 1. The number of anilines is 1. The molecule has 1 saturated carbocycles. The lowest BCUT2D eigenvalue weighted by Gasteiger charge is -2.19. The Morgan fingerprint density at radius 3 is 2.47 bits per heavy atom. The molecule has 1 fully saturated rings. The molecule has 104 valence electrons. The van der Waals surface area contributed by atoms with Crippen molar-refractivity contribution in [2.24, 2.45) is 5.92 Å². The quantitative estimate of drug-likeness (QED) is 0.790. The van der Waals surface area contributed by atoms with Gasteiger partial charge in [-0.3, -0.25) is 4.79 Å². The molecule has 19 heavy (non-hydrogen) atoms. The summed E-state index contributed by atoms with van der Waals surface area (Å²) in [5, 5.41) is 12.6. The van der Waals surface area contributed by atoms with E-state index in [-0.39, 0.29) is 17.6 Å². The van der Waals surface area contributed by atoms with Gasteiger partial charge in [0.1, 0.15) is 5.75 Å². The van der Waals surface area contributed by atoms with Crippen LogP contribution in [-0.4, -0.2) is 11.0 Å². The van der Waals surface area contributed by atoms with E-state index in [1.54, 1.807) is 6.07 Å². The van der Waals surface area contributed by atoms with E-state index in [9.17, 15) is 9.90 Å². The molecule has 3 nitrogen and oxygen atoms in total. The van der Waals surface area contributed by atoms with E-state index in [1.807, 2.05) is 19.1 Å². The van der Waals surface area contributed by atoms with Crippen molar-refractivity contribution in [1.29, 1.82) is 0 Å². The van der Waals surface area contributed by atoms with E-state index < -0.39 is 0 Å². The lowest BCUT2D eigenvalue weighted by Crippen LogP contribution is -2.23. The minimum atomic E-state index is 0.0581. The van der Waals surface area contributed by atoms with Crippen molar-refractivity contribution in [1.82, 2.24) is 0 Å². The summed E-state index contributed by atoms with van der Waals surface area (Å²) in [6, 6.07) is 5.28. The second-order valence-electron chi connectivity index (χ2n) is 5.55. The number of amides is 1. The van der Waals surface area contributed by atoms with Gasteiger partial charge in [0.25, 0.3) is 0 Å². The second kappa shape index (κ2) is 6.60. The summed E-state index contributed by atoms with van der Waals surface area (Å²) in [6.07, 6.45) is 7.98. The Kier molecular flexibility index (Phi) is 4.83. The van der Waals surface area contributed by atoms with Crippen LogP contribution >= 0.6 is 0 Å². The van der Waals surface area contributed by atoms with Gasteiger partial charge < -0.3 is 10.4 Å². The zero-order valence-corrected chi connectivity index (χ0v) is 11.6. The Morgan fingerprint density at radius 2 is 1.79 bits per heavy atom. The van der Waals surface area contributed by atoms with E-state index in [4.69, 9.17) is 0 Å². The molecule has 0 atom stereocenters. The highest BCUT2D eigenvalue weighted by Crippen LogP contribution is 2.27. The Balaban J connectivity index is 2.00. The van der Waals surface area contributed by atoms with Crippen LogP contribution < -0.4 is 5.32 Å². The number of phenols is 1. The van der Waals surface area contributed by atoms with Gasteiger partial charge in [0.15, 0.2) is 0 Å². The smallest absolute Gasteiger partial charge is 0.227 e. The van der Waals surface area contributed by atoms with Crippen LogP contribution in [0.3, 0.4) is 0 Å². The molecule has 1 aromatic rings. The topological polar surface area (TPSA) is 49.3 Å². The van der Waals surface area contributed by atoms with Gasteiger partial charge in [-0.15, -0.1) is 0 Å². The molecule has 0 bridgehead atoms. The lowest BCUT2D eigenvalue weighted by molar-refractivity contribution is -0.120. The maximum atomic E-state index is 12.3. The van der Waals surface area contributed by atoms with Crippen molar-refractivity contribution in [3.8, 4) is 5.75 Å². The van der Waals surface area contributed by atoms with Crippen LogP contribution in [0.25, 0.3) is 0 Å². The average Bonchev–Trinajstić information content (AvgIpc) is 2.33. The number of benzene rings is 1. The monoisotopic (exact) mass is 261 g/mol. The standard InChI is InChI=1S/C16H23NO2/c1-12-9-10-15(18)14(11-12)17-16(19)13-7-5-3-2-4-6-8-13/h9-11,13,18H,2-8H2,1H3,(H,17,19). The van der Waals surface area contributed by atoms with Crippen LogP contribution in [0.5, 0.6) is 5.75 Å². The number of hydrogen-bond acceptors (Lipinski definition) is 2. The highest BCUT2D eigenvalue weighted by molar-refractivity contribution is 5.93. The minimum absolute atomic E-state index is 0.0581. The first-order valence-corrected chi connectivity index (χ1v) is 7.27. The van der Waals surface area contributed by atoms with E-state index >= 15 is 0 Å². The van der Waals surface area contributed by atoms with Gasteiger partial charge in [-0.1, -0.05) is 38.2 Å². The summed E-state index contributed by atoms with van der Waals surface area (Å²) < 4.78 is 0. The van der Waals surface area contributed by atoms with Crippen LogP contribution in [0.15, 0.2) is 18.2 Å². The third kappa shape index (κ3) is 3.98. The average molecular weight is 261 g/mol. The highest BCUT2D eigenvalue weighted by Gasteiger charge is 2.20. The van der Waals surface area contributed by atoms with Gasteiger partial charge in [-0.2, -0.15) is 0 Å². The second-order valence-corrected chi connectivity index (χ2v) is 5.55. The predicted molar refractivity (Wildman–Crippen MR) is 77.3 cm³/mol. The maximum absolute atomic E-state index is 12.3. The zero-order valence-electron chi connectivity index (χ0n) is 11.6. The van der Waals surface area contributed by atoms with Gasteiger partial charge in [0, 0.05) is 5.92 Å². The fourth-order valence-electron chi connectivity index (χ4n) is 2.70. The molecule has 2 N–H and O–H groups in total. The predicted octanol–water partition coefficient (Wildman–Crippen LogP) is 4.00. The number of aryl methyl sites for hydroxylation is 1. The highest BCUT2D eigenvalue weighted by atomic mass is 16.3. The number of carbonyl (C=O) groups excluding carboxylic acids is 1. The fourth-order valence-corrected chi connectivity index (χ4v) is 2.70. The molecule has 3 heteroatoms. The molecule has 1 aromatic carbocycles. The molecule has 0 aromatic heterocycles. The van der Waals surface area contributed by atoms with E-state index in [0.29, 0.717) is 5.69 Å². The van der Waals surface area contributed by atoms with Crippen LogP contribution in [-0.2, 0) is 4.79 Å². The summed E-state index contributed by atoms with van der Waals surface area (Å²) in [7, 11) is 0. The fraction of sp³-hybridized carbons (Fsp3) is 0.562. The molecular formula is C16H23NO2. The van der Waals surface area contributed by atoms with Crippen molar-refractivity contribution in [2.75, 3.05) is 5.32 Å². The van der Waals surface area contributed by atoms with Crippen LogP contribution in [0.2, 0.25) is 0 Å². The van der Waals surface area contributed by atoms with E-state index in [1.165, 1.54) is 19.3 Å². The van der Waals surface area contributed by atoms with Crippen molar-refractivity contribution in [3.05, 3.63) is 23.8 Å². The number of hydrogen-bond donors (Lipinski definition) is 2. The molecule has 0 spiro atoms. The Morgan fingerprint density at radius 1 is 1.16 bits per heavy atom. The first kappa shape index (κ1) is 13.9. The zero-order chi connectivity index (χ0) is 13.7. The van der Waals surface area contributed by atoms with Gasteiger partial charge >= 0.3 is 0 Å². The number of aromatic hydroxyl groups is 1. The third-order valence-electron chi connectivity index (χ3n) is 3.89. The molecule has 1 aliphatic carbocycles. The van der Waals surface area contributed by atoms with E-state index in [2.05, 4.69) is 5.32 Å². The van der Waals surface area contributed by atoms with Gasteiger partial charge in [0.2, 0.25) is 5.91 Å².